The van der Waals surface area contributed by atoms with E-state index in [1.165, 1.54) is 11.1 Å². The predicted octanol–water partition coefficient (Wildman–Crippen LogP) is 2.66. The molecule has 0 saturated carbocycles. The third-order valence-corrected chi connectivity index (χ3v) is 4.03. The SMILES string of the molecule is CCNC1CCCN(C(C)c2ccccc2C)C1=O. The molecule has 1 N–H and O–H groups in total. The van der Waals surface area contributed by atoms with E-state index in [9.17, 15) is 4.79 Å². The standard InChI is InChI=1S/C16H24N2O/c1-4-17-15-10-7-11-18(16(15)19)13(3)14-9-6-5-8-12(14)2/h5-6,8-9,13,15,17H,4,7,10-11H2,1-3H3. The van der Waals surface area contributed by atoms with Crippen LogP contribution in [0.5, 0.6) is 0 Å². The summed E-state index contributed by atoms with van der Waals surface area (Å²) in [4.78, 5) is 14.5. The van der Waals surface area contributed by atoms with Gasteiger partial charge in [0.2, 0.25) is 5.91 Å². The summed E-state index contributed by atoms with van der Waals surface area (Å²) in [6.45, 7) is 8.02. The average Bonchev–Trinajstić information content (AvgIpc) is 2.41. The second kappa shape index (κ2) is 6.20. The fourth-order valence-corrected chi connectivity index (χ4v) is 2.94. The van der Waals surface area contributed by atoms with Gasteiger partial charge in [0.15, 0.2) is 0 Å². The Bertz CT molecular complexity index is 442. The van der Waals surface area contributed by atoms with E-state index < -0.39 is 0 Å². The van der Waals surface area contributed by atoms with Gasteiger partial charge in [-0.25, -0.2) is 0 Å². The van der Waals surface area contributed by atoms with Gasteiger partial charge in [-0.1, -0.05) is 31.2 Å². The van der Waals surface area contributed by atoms with E-state index >= 15 is 0 Å². The first kappa shape index (κ1) is 14.1. The van der Waals surface area contributed by atoms with E-state index in [1.807, 2.05) is 11.0 Å². The van der Waals surface area contributed by atoms with Crippen LogP contribution in [0.1, 0.15) is 43.9 Å². The Hall–Kier alpha value is -1.35. The molecular formula is C16H24N2O. The number of piperidine rings is 1. The second-order valence-electron chi connectivity index (χ2n) is 5.32. The Labute approximate surface area is 116 Å². The Kier molecular flexibility index (Phi) is 4.59. The number of carbonyl (C=O) groups is 1. The van der Waals surface area contributed by atoms with Gasteiger partial charge in [0.25, 0.3) is 0 Å². The van der Waals surface area contributed by atoms with Gasteiger partial charge in [-0.05, 0) is 44.4 Å². The van der Waals surface area contributed by atoms with E-state index in [4.69, 9.17) is 0 Å². The third-order valence-electron chi connectivity index (χ3n) is 4.03. The van der Waals surface area contributed by atoms with Crippen LogP contribution in [0.4, 0.5) is 0 Å². The highest BCUT2D eigenvalue weighted by Gasteiger charge is 2.31. The minimum Gasteiger partial charge on any atom is -0.335 e. The molecule has 1 fully saturated rings. The van der Waals surface area contributed by atoms with Crippen LogP contribution in [0.2, 0.25) is 0 Å². The van der Waals surface area contributed by atoms with Gasteiger partial charge in [0.05, 0.1) is 12.1 Å². The van der Waals surface area contributed by atoms with Crippen molar-refractivity contribution in [1.82, 2.24) is 10.2 Å². The molecule has 2 unspecified atom stereocenters. The smallest absolute Gasteiger partial charge is 0.240 e. The number of benzene rings is 1. The Balaban J connectivity index is 2.16. The van der Waals surface area contributed by atoms with Crippen molar-refractivity contribution in [1.29, 1.82) is 0 Å². The van der Waals surface area contributed by atoms with Crippen molar-refractivity contribution in [3.63, 3.8) is 0 Å². The molecule has 0 radical (unpaired) electrons. The van der Waals surface area contributed by atoms with Crippen LogP contribution in [0, 0.1) is 6.92 Å². The predicted molar refractivity (Wildman–Crippen MR) is 78.0 cm³/mol. The number of hydrogen-bond donors (Lipinski definition) is 1. The molecule has 3 heteroatoms. The minimum absolute atomic E-state index is 0.00483. The van der Waals surface area contributed by atoms with Gasteiger partial charge in [0, 0.05) is 6.54 Å². The molecule has 1 amide bonds. The topological polar surface area (TPSA) is 32.3 Å². The number of amides is 1. The molecule has 1 aliphatic heterocycles. The summed E-state index contributed by atoms with van der Waals surface area (Å²) in [6, 6.07) is 8.51. The lowest BCUT2D eigenvalue weighted by Crippen LogP contribution is -2.51. The summed E-state index contributed by atoms with van der Waals surface area (Å²) in [5.74, 6) is 0.254. The van der Waals surface area contributed by atoms with Crippen LogP contribution in [0.25, 0.3) is 0 Å². The molecule has 1 aromatic carbocycles. The normalized spacial score (nSPS) is 21.5. The lowest BCUT2D eigenvalue weighted by Gasteiger charge is -2.37. The van der Waals surface area contributed by atoms with Gasteiger partial charge in [-0.3, -0.25) is 4.79 Å². The number of nitrogens with one attached hydrogen (secondary N) is 1. The first-order valence-corrected chi connectivity index (χ1v) is 7.24. The monoisotopic (exact) mass is 260 g/mol. The zero-order chi connectivity index (χ0) is 13.8. The molecule has 19 heavy (non-hydrogen) atoms. The molecule has 1 aliphatic rings. The summed E-state index contributed by atoms with van der Waals surface area (Å²) in [5.41, 5.74) is 2.52. The molecule has 2 rings (SSSR count). The molecule has 0 spiro atoms. The molecule has 0 aromatic heterocycles. The summed E-state index contributed by atoms with van der Waals surface area (Å²) in [5, 5.41) is 3.29. The fraction of sp³-hybridized carbons (Fsp3) is 0.562. The molecule has 0 aliphatic carbocycles. The summed E-state index contributed by atoms with van der Waals surface area (Å²) < 4.78 is 0. The first-order chi connectivity index (χ1) is 9.15. The Morgan fingerprint density at radius 2 is 2.16 bits per heavy atom. The van der Waals surface area contributed by atoms with Gasteiger partial charge in [-0.15, -0.1) is 0 Å². The van der Waals surface area contributed by atoms with Crippen LogP contribution >= 0.6 is 0 Å². The third kappa shape index (κ3) is 2.98. The van der Waals surface area contributed by atoms with Gasteiger partial charge < -0.3 is 10.2 Å². The second-order valence-corrected chi connectivity index (χ2v) is 5.32. The maximum atomic E-state index is 12.5. The number of likely N-dealkylation sites (tertiary alicyclic amines) is 1. The largest absolute Gasteiger partial charge is 0.335 e. The number of carbonyl (C=O) groups excluding carboxylic acids is 1. The number of aryl methyl sites for hydroxylation is 1. The molecule has 1 saturated heterocycles. The van der Waals surface area contributed by atoms with E-state index in [0.29, 0.717) is 0 Å². The zero-order valence-electron chi connectivity index (χ0n) is 12.1. The molecule has 2 atom stereocenters. The van der Waals surface area contributed by atoms with Crippen molar-refractivity contribution in [3.05, 3.63) is 35.4 Å². The number of hydrogen-bond acceptors (Lipinski definition) is 2. The molecular weight excluding hydrogens is 236 g/mol. The first-order valence-electron chi connectivity index (χ1n) is 7.24. The van der Waals surface area contributed by atoms with Gasteiger partial charge in [-0.2, -0.15) is 0 Å². The van der Waals surface area contributed by atoms with E-state index in [0.717, 1.165) is 25.9 Å². The van der Waals surface area contributed by atoms with Crippen LogP contribution in [0.3, 0.4) is 0 Å². The highest BCUT2D eigenvalue weighted by molar-refractivity contribution is 5.83. The van der Waals surface area contributed by atoms with Crippen LogP contribution in [-0.2, 0) is 4.79 Å². The quantitative estimate of drug-likeness (QED) is 0.902. The molecule has 0 bridgehead atoms. The van der Waals surface area contributed by atoms with Crippen molar-refractivity contribution in [3.8, 4) is 0 Å². The Morgan fingerprint density at radius 3 is 2.84 bits per heavy atom. The number of rotatable bonds is 4. The van der Waals surface area contributed by atoms with Gasteiger partial charge in [0.1, 0.15) is 0 Å². The zero-order valence-corrected chi connectivity index (χ0v) is 12.1. The average molecular weight is 260 g/mol. The highest BCUT2D eigenvalue weighted by atomic mass is 16.2. The summed E-state index contributed by atoms with van der Waals surface area (Å²) in [7, 11) is 0. The summed E-state index contributed by atoms with van der Waals surface area (Å²) in [6.07, 6.45) is 2.04. The van der Waals surface area contributed by atoms with Gasteiger partial charge >= 0.3 is 0 Å². The van der Waals surface area contributed by atoms with E-state index in [-0.39, 0.29) is 18.0 Å². The minimum atomic E-state index is 0.00483. The fourth-order valence-electron chi connectivity index (χ4n) is 2.94. The van der Waals surface area contributed by atoms with Crippen LogP contribution < -0.4 is 5.32 Å². The molecule has 104 valence electrons. The maximum absolute atomic E-state index is 12.5. The lowest BCUT2D eigenvalue weighted by atomic mass is 9.97. The van der Waals surface area contributed by atoms with Crippen LogP contribution in [-0.4, -0.2) is 29.9 Å². The number of nitrogens with zero attached hydrogens (tertiary/aromatic N) is 1. The molecule has 3 nitrogen and oxygen atoms in total. The lowest BCUT2D eigenvalue weighted by molar-refractivity contribution is -0.138. The van der Waals surface area contributed by atoms with Crippen molar-refractivity contribution in [2.45, 2.75) is 45.7 Å². The maximum Gasteiger partial charge on any atom is 0.240 e. The van der Waals surface area contributed by atoms with Crippen molar-refractivity contribution in [2.24, 2.45) is 0 Å². The molecule has 1 aromatic rings. The van der Waals surface area contributed by atoms with Crippen LogP contribution in [0.15, 0.2) is 24.3 Å². The molecule has 1 heterocycles. The Morgan fingerprint density at radius 1 is 1.42 bits per heavy atom. The van der Waals surface area contributed by atoms with Crippen molar-refractivity contribution >= 4 is 5.91 Å². The van der Waals surface area contributed by atoms with Crippen molar-refractivity contribution < 1.29 is 4.79 Å². The highest BCUT2D eigenvalue weighted by Crippen LogP contribution is 2.27. The van der Waals surface area contributed by atoms with E-state index in [1.54, 1.807) is 0 Å². The number of likely N-dealkylation sites (N-methyl/N-ethyl adjacent to an activating group) is 1. The van der Waals surface area contributed by atoms with E-state index in [2.05, 4.69) is 44.3 Å². The van der Waals surface area contributed by atoms with Crippen molar-refractivity contribution in [2.75, 3.05) is 13.1 Å². The summed E-state index contributed by atoms with van der Waals surface area (Å²) >= 11 is 0.